The Morgan fingerprint density at radius 1 is 1.27 bits per heavy atom. The molecule has 0 bridgehead atoms. The molecule has 0 unspecified atom stereocenters. The van der Waals surface area contributed by atoms with Gasteiger partial charge in [-0.2, -0.15) is 10.2 Å². The van der Waals surface area contributed by atoms with Crippen LogP contribution in [0.5, 0.6) is 0 Å². The minimum atomic E-state index is -0.974. The van der Waals surface area contributed by atoms with Crippen LogP contribution in [-0.4, -0.2) is 38.0 Å². The van der Waals surface area contributed by atoms with Gasteiger partial charge < -0.3 is 10.1 Å². The van der Waals surface area contributed by atoms with Crippen LogP contribution >= 0.6 is 0 Å². The van der Waals surface area contributed by atoms with Gasteiger partial charge in [-0.25, -0.2) is 9.48 Å². The number of rotatable bonds is 6. The first-order chi connectivity index (χ1) is 12.5. The number of hydrogen-bond acceptors (Lipinski definition) is 5. The molecule has 26 heavy (non-hydrogen) atoms. The van der Waals surface area contributed by atoms with Crippen molar-refractivity contribution in [3.05, 3.63) is 42.2 Å². The molecule has 0 aliphatic heterocycles. The molecule has 0 aliphatic rings. The van der Waals surface area contributed by atoms with Gasteiger partial charge in [-0.3, -0.25) is 9.89 Å². The van der Waals surface area contributed by atoms with Gasteiger partial charge in [0.15, 0.2) is 11.8 Å². The SMILES string of the molecule is CC[C@@H](C)n1nccc1NC(=O)[C@@H](C)OC(=O)c1n[nH]c2ccccc12. The van der Waals surface area contributed by atoms with E-state index in [2.05, 4.69) is 20.6 Å². The van der Waals surface area contributed by atoms with Crippen molar-refractivity contribution in [3.8, 4) is 0 Å². The first-order valence-electron chi connectivity index (χ1n) is 8.49. The Morgan fingerprint density at radius 3 is 2.81 bits per heavy atom. The van der Waals surface area contributed by atoms with Crippen molar-refractivity contribution in [2.75, 3.05) is 5.32 Å². The van der Waals surface area contributed by atoms with E-state index < -0.39 is 18.0 Å². The molecule has 0 spiro atoms. The predicted octanol–water partition coefficient (Wildman–Crippen LogP) is 2.91. The third-order valence-corrected chi connectivity index (χ3v) is 4.25. The topological polar surface area (TPSA) is 102 Å². The van der Waals surface area contributed by atoms with Crippen LogP contribution in [0.1, 0.15) is 43.7 Å². The number of anilines is 1. The molecule has 8 nitrogen and oxygen atoms in total. The number of aromatic nitrogens is 4. The van der Waals surface area contributed by atoms with Crippen molar-refractivity contribution in [1.29, 1.82) is 0 Å². The first kappa shape index (κ1) is 17.7. The van der Waals surface area contributed by atoms with Gasteiger partial charge in [0.05, 0.1) is 17.8 Å². The summed E-state index contributed by atoms with van der Waals surface area (Å²) in [4.78, 5) is 24.7. The van der Waals surface area contributed by atoms with Crippen molar-refractivity contribution >= 4 is 28.6 Å². The van der Waals surface area contributed by atoms with E-state index in [-0.39, 0.29) is 11.7 Å². The fourth-order valence-corrected chi connectivity index (χ4v) is 2.55. The van der Waals surface area contributed by atoms with E-state index in [1.807, 2.05) is 26.0 Å². The van der Waals surface area contributed by atoms with E-state index in [1.54, 1.807) is 29.1 Å². The second-order valence-electron chi connectivity index (χ2n) is 6.07. The zero-order valence-electron chi connectivity index (χ0n) is 14.9. The normalized spacial score (nSPS) is 13.3. The van der Waals surface area contributed by atoms with E-state index in [4.69, 9.17) is 4.74 Å². The lowest BCUT2D eigenvalue weighted by Gasteiger charge is -2.16. The first-order valence-corrected chi connectivity index (χ1v) is 8.49. The fraction of sp³-hybridized carbons (Fsp3) is 0.333. The molecular weight excluding hydrogens is 334 g/mol. The Bertz CT molecular complexity index is 930. The molecule has 2 aromatic heterocycles. The summed E-state index contributed by atoms with van der Waals surface area (Å²) in [6.07, 6.45) is 1.52. The number of nitrogens with zero attached hydrogens (tertiary/aromatic N) is 3. The smallest absolute Gasteiger partial charge is 0.360 e. The molecule has 1 amide bonds. The van der Waals surface area contributed by atoms with Crippen LogP contribution in [0.4, 0.5) is 5.82 Å². The molecule has 0 radical (unpaired) electrons. The number of ether oxygens (including phenoxy) is 1. The highest BCUT2D eigenvalue weighted by molar-refractivity contribution is 6.03. The highest BCUT2D eigenvalue weighted by Gasteiger charge is 2.23. The molecule has 136 valence electrons. The number of esters is 1. The van der Waals surface area contributed by atoms with Crippen LogP contribution in [0.2, 0.25) is 0 Å². The van der Waals surface area contributed by atoms with Crippen molar-refractivity contribution in [3.63, 3.8) is 0 Å². The molecule has 3 rings (SSSR count). The van der Waals surface area contributed by atoms with Crippen LogP contribution in [-0.2, 0) is 9.53 Å². The molecule has 2 atom stereocenters. The summed E-state index contributed by atoms with van der Waals surface area (Å²) in [5.74, 6) is -0.513. The van der Waals surface area contributed by atoms with E-state index >= 15 is 0 Å². The molecule has 0 saturated carbocycles. The highest BCUT2D eigenvalue weighted by Crippen LogP contribution is 2.18. The summed E-state index contributed by atoms with van der Waals surface area (Å²) in [6, 6.07) is 9.08. The van der Waals surface area contributed by atoms with Crippen molar-refractivity contribution in [1.82, 2.24) is 20.0 Å². The Labute approximate surface area is 150 Å². The number of aromatic amines is 1. The number of H-pyrrole nitrogens is 1. The van der Waals surface area contributed by atoms with E-state index in [1.165, 1.54) is 6.92 Å². The summed E-state index contributed by atoms with van der Waals surface area (Å²) in [7, 11) is 0. The monoisotopic (exact) mass is 355 g/mol. The Balaban J connectivity index is 1.68. The molecule has 2 N–H and O–H groups in total. The highest BCUT2D eigenvalue weighted by atomic mass is 16.5. The lowest BCUT2D eigenvalue weighted by molar-refractivity contribution is -0.123. The summed E-state index contributed by atoms with van der Waals surface area (Å²) in [6.45, 7) is 5.57. The number of fused-ring (bicyclic) bond motifs is 1. The van der Waals surface area contributed by atoms with Gasteiger partial charge in [0.25, 0.3) is 5.91 Å². The van der Waals surface area contributed by atoms with Crippen LogP contribution in [0, 0.1) is 0 Å². The van der Waals surface area contributed by atoms with E-state index in [0.29, 0.717) is 11.2 Å². The summed E-state index contributed by atoms with van der Waals surface area (Å²) in [5, 5.41) is 14.4. The van der Waals surface area contributed by atoms with E-state index in [0.717, 1.165) is 11.9 Å². The summed E-state index contributed by atoms with van der Waals surface area (Å²) >= 11 is 0. The standard InChI is InChI=1S/C18H21N5O3/c1-4-11(2)23-15(9-10-19-23)20-17(24)12(3)26-18(25)16-13-7-5-6-8-14(13)21-22-16/h5-12H,4H2,1-3H3,(H,20,24)(H,21,22)/t11-,12-/m1/s1. The van der Waals surface area contributed by atoms with Crippen molar-refractivity contribution in [2.45, 2.75) is 39.3 Å². The third kappa shape index (κ3) is 3.44. The minimum absolute atomic E-state index is 0.147. The second kappa shape index (κ2) is 7.38. The average Bonchev–Trinajstić information content (AvgIpc) is 3.27. The summed E-state index contributed by atoms with van der Waals surface area (Å²) < 4.78 is 7.01. The number of amides is 1. The van der Waals surface area contributed by atoms with Crippen LogP contribution in [0.15, 0.2) is 36.5 Å². The maximum Gasteiger partial charge on any atom is 0.360 e. The summed E-state index contributed by atoms with van der Waals surface area (Å²) in [5.41, 5.74) is 0.888. The van der Waals surface area contributed by atoms with Crippen LogP contribution in [0.25, 0.3) is 10.9 Å². The Hall–Kier alpha value is -3.16. The number of para-hydroxylation sites is 1. The van der Waals surface area contributed by atoms with Crippen LogP contribution in [0.3, 0.4) is 0 Å². The van der Waals surface area contributed by atoms with Gasteiger partial charge in [0.2, 0.25) is 0 Å². The maximum atomic E-state index is 12.4. The van der Waals surface area contributed by atoms with Crippen molar-refractivity contribution in [2.24, 2.45) is 0 Å². The lowest BCUT2D eigenvalue weighted by atomic mass is 10.2. The molecule has 3 aromatic rings. The molecular formula is C18H21N5O3. The Kier molecular flexibility index (Phi) is 5.01. The largest absolute Gasteiger partial charge is 0.448 e. The van der Waals surface area contributed by atoms with Gasteiger partial charge in [0.1, 0.15) is 5.82 Å². The van der Waals surface area contributed by atoms with Crippen molar-refractivity contribution < 1.29 is 14.3 Å². The minimum Gasteiger partial charge on any atom is -0.448 e. The fourth-order valence-electron chi connectivity index (χ4n) is 2.55. The number of hydrogen-bond donors (Lipinski definition) is 2. The number of carbonyl (C=O) groups is 2. The molecule has 2 heterocycles. The molecule has 0 aliphatic carbocycles. The number of nitrogens with one attached hydrogen (secondary N) is 2. The molecule has 0 fully saturated rings. The molecule has 0 saturated heterocycles. The zero-order chi connectivity index (χ0) is 18.7. The van der Waals surface area contributed by atoms with Gasteiger partial charge in [-0.05, 0) is 26.3 Å². The predicted molar refractivity (Wildman–Crippen MR) is 96.8 cm³/mol. The second-order valence-corrected chi connectivity index (χ2v) is 6.07. The lowest BCUT2D eigenvalue weighted by Crippen LogP contribution is -2.31. The number of benzene rings is 1. The molecule has 8 heteroatoms. The maximum absolute atomic E-state index is 12.4. The molecule has 1 aromatic carbocycles. The Morgan fingerprint density at radius 2 is 2.04 bits per heavy atom. The van der Waals surface area contributed by atoms with Gasteiger partial charge in [-0.15, -0.1) is 0 Å². The average molecular weight is 355 g/mol. The quantitative estimate of drug-likeness (QED) is 0.662. The zero-order valence-corrected chi connectivity index (χ0v) is 14.9. The van der Waals surface area contributed by atoms with E-state index in [9.17, 15) is 9.59 Å². The van der Waals surface area contributed by atoms with Gasteiger partial charge in [0, 0.05) is 11.5 Å². The van der Waals surface area contributed by atoms with Crippen LogP contribution < -0.4 is 5.32 Å². The van der Waals surface area contributed by atoms with Gasteiger partial charge >= 0.3 is 5.97 Å². The third-order valence-electron chi connectivity index (χ3n) is 4.25. The number of carbonyl (C=O) groups excluding carboxylic acids is 2. The van der Waals surface area contributed by atoms with Gasteiger partial charge in [-0.1, -0.05) is 25.1 Å².